The number of likely N-dealkylation sites (N-methyl/N-ethyl adjacent to an activating group) is 1. The summed E-state index contributed by atoms with van der Waals surface area (Å²) in [5.74, 6) is 1.03. The molecule has 3 heterocycles. The highest BCUT2D eigenvalue weighted by atomic mass is 16.6. The third kappa shape index (κ3) is 5.32. The minimum absolute atomic E-state index is 0.0370. The number of rotatable bonds is 6. The van der Waals surface area contributed by atoms with Gasteiger partial charge >= 0.3 is 6.09 Å². The molecule has 1 aromatic carbocycles. The molecule has 4 rings (SSSR count). The molecule has 2 fully saturated rings. The van der Waals surface area contributed by atoms with Crippen LogP contribution in [0.1, 0.15) is 37.9 Å². The number of hydrogen-bond acceptors (Lipinski definition) is 7. The number of carbonyl (C=O) groups is 1. The van der Waals surface area contributed by atoms with Gasteiger partial charge in [0, 0.05) is 38.9 Å². The molecule has 2 aliphatic heterocycles. The minimum atomic E-state index is -0.519. The Morgan fingerprint density at radius 3 is 2.48 bits per heavy atom. The lowest BCUT2D eigenvalue weighted by atomic mass is 10.1. The number of carbonyl (C=O) groups excluding carboxylic acids is 1. The van der Waals surface area contributed by atoms with E-state index in [-0.39, 0.29) is 12.1 Å². The van der Waals surface area contributed by atoms with Gasteiger partial charge in [0.05, 0.1) is 12.6 Å². The highest BCUT2D eigenvalue weighted by molar-refractivity contribution is 5.89. The summed E-state index contributed by atoms with van der Waals surface area (Å²) in [6.07, 6.45) is 1.29. The quantitative estimate of drug-likeness (QED) is 0.764. The maximum Gasteiger partial charge on any atom is 0.416 e. The number of amides is 1. The Morgan fingerprint density at radius 2 is 1.84 bits per heavy atom. The van der Waals surface area contributed by atoms with Crippen molar-refractivity contribution in [1.29, 1.82) is 0 Å². The molecule has 1 N–H and O–H groups in total. The van der Waals surface area contributed by atoms with Crippen LogP contribution in [0.15, 0.2) is 36.5 Å². The van der Waals surface area contributed by atoms with Gasteiger partial charge in [0.15, 0.2) is 0 Å². The molecular weight excluding hydrogens is 392 g/mol. The standard InChI is InChI=1S/C23H32N6O2/c1-17(19-7-5-18(6-8-19)15-28-13-11-27(4)12-14-28)25-21-24-10-9-20(26-21)29-16-23(2,3)31-22(29)30/h5-10,17H,11-16H2,1-4H3,(H,24,25,26)/t17-/m0/s1. The van der Waals surface area contributed by atoms with Gasteiger partial charge in [0.1, 0.15) is 11.4 Å². The van der Waals surface area contributed by atoms with E-state index in [4.69, 9.17) is 4.74 Å². The van der Waals surface area contributed by atoms with Crippen LogP contribution in [0, 0.1) is 0 Å². The lowest BCUT2D eigenvalue weighted by molar-refractivity contribution is 0.0871. The molecule has 1 aromatic heterocycles. The molecule has 2 aliphatic rings. The third-order valence-corrected chi connectivity index (χ3v) is 5.87. The second kappa shape index (κ2) is 8.80. The van der Waals surface area contributed by atoms with Crippen molar-refractivity contribution in [2.45, 2.75) is 39.0 Å². The Labute approximate surface area is 184 Å². The van der Waals surface area contributed by atoms with Crippen molar-refractivity contribution in [2.24, 2.45) is 0 Å². The van der Waals surface area contributed by atoms with Crippen molar-refractivity contribution in [3.63, 3.8) is 0 Å². The zero-order valence-corrected chi connectivity index (χ0v) is 18.8. The Kier molecular flexibility index (Phi) is 6.11. The first kappa shape index (κ1) is 21.5. The summed E-state index contributed by atoms with van der Waals surface area (Å²) in [5, 5.41) is 3.35. The Balaban J connectivity index is 1.37. The SMILES string of the molecule is C[C@H](Nc1nccc(N2CC(C)(C)OC2=O)n1)c1ccc(CN2CCN(C)CC2)cc1. The van der Waals surface area contributed by atoms with E-state index in [0.717, 1.165) is 38.3 Å². The van der Waals surface area contributed by atoms with Gasteiger partial charge in [-0.25, -0.2) is 9.78 Å². The number of aromatic nitrogens is 2. The second-order valence-electron chi connectivity index (χ2n) is 9.14. The van der Waals surface area contributed by atoms with E-state index in [1.165, 1.54) is 5.56 Å². The first-order valence-corrected chi connectivity index (χ1v) is 10.9. The number of nitrogens with zero attached hydrogens (tertiary/aromatic N) is 5. The summed E-state index contributed by atoms with van der Waals surface area (Å²) in [6, 6.07) is 10.5. The third-order valence-electron chi connectivity index (χ3n) is 5.87. The average molecular weight is 425 g/mol. The number of anilines is 2. The van der Waals surface area contributed by atoms with Crippen molar-refractivity contribution in [3.8, 4) is 0 Å². The molecule has 0 aliphatic carbocycles. The van der Waals surface area contributed by atoms with Crippen LogP contribution in [-0.4, -0.2) is 71.2 Å². The molecule has 166 valence electrons. The summed E-state index contributed by atoms with van der Waals surface area (Å²) >= 11 is 0. The van der Waals surface area contributed by atoms with Gasteiger partial charge in [0.25, 0.3) is 0 Å². The molecule has 0 radical (unpaired) electrons. The first-order chi connectivity index (χ1) is 14.8. The van der Waals surface area contributed by atoms with Gasteiger partial charge in [-0.05, 0) is 45.0 Å². The van der Waals surface area contributed by atoms with E-state index in [1.807, 2.05) is 13.8 Å². The Bertz CT molecular complexity index is 909. The lowest BCUT2D eigenvalue weighted by Crippen LogP contribution is -2.43. The van der Waals surface area contributed by atoms with Crippen LogP contribution in [0.4, 0.5) is 16.6 Å². The normalized spacial score (nSPS) is 20.5. The first-order valence-electron chi connectivity index (χ1n) is 10.9. The maximum absolute atomic E-state index is 12.2. The predicted molar refractivity (Wildman–Crippen MR) is 121 cm³/mol. The average Bonchev–Trinajstić information content (AvgIpc) is 3.02. The van der Waals surface area contributed by atoms with E-state index >= 15 is 0 Å². The van der Waals surface area contributed by atoms with Gasteiger partial charge in [-0.15, -0.1) is 0 Å². The van der Waals surface area contributed by atoms with Crippen molar-refractivity contribution < 1.29 is 9.53 Å². The summed E-state index contributed by atoms with van der Waals surface area (Å²) in [7, 11) is 2.18. The molecule has 8 heteroatoms. The van der Waals surface area contributed by atoms with Gasteiger partial charge in [-0.3, -0.25) is 9.80 Å². The number of piperazine rings is 1. The van der Waals surface area contributed by atoms with Crippen molar-refractivity contribution >= 4 is 17.9 Å². The van der Waals surface area contributed by atoms with Crippen LogP contribution in [-0.2, 0) is 11.3 Å². The molecule has 0 spiro atoms. The Hall–Kier alpha value is -2.71. The Morgan fingerprint density at radius 1 is 1.13 bits per heavy atom. The maximum atomic E-state index is 12.2. The summed E-state index contributed by atoms with van der Waals surface area (Å²) < 4.78 is 5.38. The highest BCUT2D eigenvalue weighted by Crippen LogP contribution is 2.27. The molecule has 0 bridgehead atoms. The van der Waals surface area contributed by atoms with Crippen molar-refractivity contribution in [2.75, 3.05) is 50.0 Å². The topological polar surface area (TPSA) is 73.8 Å². The van der Waals surface area contributed by atoms with Crippen molar-refractivity contribution in [3.05, 3.63) is 47.7 Å². The van der Waals surface area contributed by atoms with Crippen LogP contribution < -0.4 is 10.2 Å². The smallest absolute Gasteiger partial charge is 0.416 e. The van der Waals surface area contributed by atoms with Crippen LogP contribution in [0.3, 0.4) is 0 Å². The van der Waals surface area contributed by atoms with Gasteiger partial charge in [0.2, 0.25) is 5.95 Å². The number of ether oxygens (including phenoxy) is 1. The van der Waals surface area contributed by atoms with Crippen molar-refractivity contribution in [1.82, 2.24) is 19.8 Å². The van der Waals surface area contributed by atoms with Crippen LogP contribution in [0.2, 0.25) is 0 Å². The van der Waals surface area contributed by atoms with E-state index < -0.39 is 5.60 Å². The van der Waals surface area contributed by atoms with E-state index in [0.29, 0.717) is 18.3 Å². The van der Waals surface area contributed by atoms with Crippen LogP contribution >= 0.6 is 0 Å². The summed E-state index contributed by atoms with van der Waals surface area (Å²) in [4.78, 5) is 27.4. The largest absolute Gasteiger partial charge is 0.441 e. The highest BCUT2D eigenvalue weighted by Gasteiger charge is 2.39. The molecule has 31 heavy (non-hydrogen) atoms. The summed E-state index contributed by atoms with van der Waals surface area (Å²) in [6.45, 7) is 11.8. The molecule has 2 saturated heterocycles. The fraction of sp³-hybridized carbons (Fsp3) is 0.522. The van der Waals surface area contributed by atoms with E-state index in [9.17, 15) is 4.79 Å². The molecule has 1 amide bonds. The number of nitrogens with one attached hydrogen (secondary N) is 1. The summed E-state index contributed by atoms with van der Waals surface area (Å²) in [5.41, 5.74) is 1.97. The second-order valence-corrected chi connectivity index (χ2v) is 9.14. The van der Waals surface area contributed by atoms with Gasteiger partial charge in [-0.1, -0.05) is 24.3 Å². The number of cyclic esters (lactones) is 1. The number of benzene rings is 1. The zero-order valence-electron chi connectivity index (χ0n) is 18.8. The molecule has 8 nitrogen and oxygen atoms in total. The van der Waals surface area contributed by atoms with Crippen LogP contribution in [0.5, 0.6) is 0 Å². The minimum Gasteiger partial charge on any atom is -0.441 e. The molecular formula is C23H32N6O2. The molecule has 0 saturated carbocycles. The molecule has 0 unspecified atom stereocenters. The zero-order chi connectivity index (χ0) is 22.0. The van der Waals surface area contributed by atoms with E-state index in [1.54, 1.807) is 17.2 Å². The monoisotopic (exact) mass is 424 g/mol. The van der Waals surface area contributed by atoms with E-state index in [2.05, 4.69) is 63.3 Å². The molecule has 1 atom stereocenters. The van der Waals surface area contributed by atoms with Gasteiger partial charge < -0.3 is 15.0 Å². The lowest BCUT2D eigenvalue weighted by Gasteiger charge is -2.32. The van der Waals surface area contributed by atoms with Crippen LogP contribution in [0.25, 0.3) is 0 Å². The van der Waals surface area contributed by atoms with Gasteiger partial charge in [-0.2, -0.15) is 4.98 Å². The molecule has 2 aromatic rings. The number of hydrogen-bond donors (Lipinski definition) is 1. The predicted octanol–water partition coefficient (Wildman–Crippen LogP) is 3.13. The fourth-order valence-corrected chi connectivity index (χ4v) is 3.97. The fourth-order valence-electron chi connectivity index (χ4n) is 3.97.